The standard InChI is InChI=1S/C4H5N.H3N/c1-2-4-5-3-1;/h1-5H;1H3. The molecule has 0 saturated carbocycles. The molecule has 0 aliphatic heterocycles. The molecule has 1 heterocycles. The zero-order chi connectivity index (χ0) is 3.54. The third-order valence-corrected chi connectivity index (χ3v) is 0.496. The zero-order valence-electron chi connectivity index (χ0n) is 3.52. The third kappa shape index (κ3) is 0.904. The molecule has 1 aromatic rings. The molecule has 0 fully saturated rings. The number of aromatic amines is 1. The van der Waals surface area contributed by atoms with Crippen LogP contribution in [0.3, 0.4) is 0 Å². The maximum Gasteiger partial charge on any atom is 0.000496 e. The molecular weight excluding hydrogens is 76.1 g/mol. The van der Waals surface area contributed by atoms with Crippen molar-refractivity contribution in [3.05, 3.63) is 24.5 Å². The maximum absolute atomic E-state index is 2.86. The second-order valence-electron chi connectivity index (χ2n) is 0.885. The Morgan fingerprint density at radius 1 is 1.00 bits per heavy atom. The van der Waals surface area contributed by atoms with Gasteiger partial charge in [0.05, 0.1) is 0 Å². The topological polar surface area (TPSA) is 50.8 Å². The highest BCUT2D eigenvalue weighted by molar-refractivity contribution is 4.84. The van der Waals surface area contributed by atoms with Gasteiger partial charge < -0.3 is 11.1 Å². The zero-order valence-corrected chi connectivity index (χ0v) is 3.52. The number of aromatic nitrogens is 1. The largest absolute Gasteiger partial charge is 0.368 e. The summed E-state index contributed by atoms with van der Waals surface area (Å²) in [7, 11) is 0. The van der Waals surface area contributed by atoms with Crippen LogP contribution in [0.2, 0.25) is 0 Å². The average Bonchev–Trinajstić information content (AvgIpc) is 1.76. The van der Waals surface area contributed by atoms with Crippen LogP contribution in [0.4, 0.5) is 0 Å². The van der Waals surface area contributed by atoms with Crippen LogP contribution in [0.1, 0.15) is 0 Å². The van der Waals surface area contributed by atoms with Gasteiger partial charge in [0.25, 0.3) is 0 Å². The molecule has 0 atom stereocenters. The Bertz CT molecular complexity index is 62.0. The minimum atomic E-state index is 0. The van der Waals surface area contributed by atoms with Gasteiger partial charge >= 0.3 is 0 Å². The Morgan fingerprint density at radius 3 is 1.67 bits per heavy atom. The van der Waals surface area contributed by atoms with Crippen molar-refractivity contribution in [2.45, 2.75) is 0 Å². The van der Waals surface area contributed by atoms with Crippen molar-refractivity contribution in [2.75, 3.05) is 0 Å². The first-order valence-electron chi connectivity index (χ1n) is 1.58. The lowest BCUT2D eigenvalue weighted by Crippen LogP contribution is -1.38. The highest BCUT2D eigenvalue weighted by Crippen LogP contribution is 1.72. The summed E-state index contributed by atoms with van der Waals surface area (Å²) in [5.41, 5.74) is 0. The number of rotatable bonds is 0. The van der Waals surface area contributed by atoms with Crippen molar-refractivity contribution < 1.29 is 0 Å². The Kier molecular flexibility index (Phi) is 2.16. The van der Waals surface area contributed by atoms with Gasteiger partial charge in [-0.1, -0.05) is 0 Å². The van der Waals surface area contributed by atoms with E-state index < -0.39 is 0 Å². The lowest BCUT2D eigenvalue weighted by Gasteiger charge is -1.49. The van der Waals surface area contributed by atoms with Crippen LogP contribution in [0, 0.1) is 0 Å². The molecule has 1 aromatic heterocycles. The van der Waals surface area contributed by atoms with Gasteiger partial charge in [-0.25, -0.2) is 0 Å². The molecule has 0 aromatic carbocycles. The van der Waals surface area contributed by atoms with Crippen molar-refractivity contribution in [3.63, 3.8) is 0 Å². The molecule has 6 heavy (non-hydrogen) atoms. The van der Waals surface area contributed by atoms with Crippen LogP contribution in [0.25, 0.3) is 0 Å². The molecule has 1 rings (SSSR count). The fourth-order valence-electron chi connectivity index (χ4n) is 0.278. The summed E-state index contributed by atoms with van der Waals surface area (Å²) in [5.74, 6) is 0. The highest BCUT2D eigenvalue weighted by atomic mass is 14.6. The van der Waals surface area contributed by atoms with E-state index in [4.69, 9.17) is 0 Å². The van der Waals surface area contributed by atoms with Gasteiger partial charge in [0.2, 0.25) is 0 Å². The Labute approximate surface area is 36.8 Å². The van der Waals surface area contributed by atoms with E-state index >= 15 is 0 Å². The smallest absolute Gasteiger partial charge is 0.000496 e. The lowest BCUT2D eigenvalue weighted by atomic mass is 10.7. The first kappa shape index (κ1) is 5.24. The molecule has 0 bridgehead atoms. The van der Waals surface area contributed by atoms with E-state index in [-0.39, 0.29) is 6.15 Å². The quantitative estimate of drug-likeness (QED) is 0.487. The number of hydrogen-bond acceptors (Lipinski definition) is 1. The Balaban J connectivity index is 0.000000250. The van der Waals surface area contributed by atoms with Gasteiger partial charge in [-0.3, -0.25) is 0 Å². The van der Waals surface area contributed by atoms with Crippen LogP contribution in [-0.2, 0) is 0 Å². The van der Waals surface area contributed by atoms with Crippen molar-refractivity contribution in [2.24, 2.45) is 0 Å². The summed E-state index contributed by atoms with van der Waals surface area (Å²) in [6.45, 7) is 0. The summed E-state index contributed by atoms with van der Waals surface area (Å²) >= 11 is 0. The normalized spacial score (nSPS) is 6.67. The van der Waals surface area contributed by atoms with Crippen molar-refractivity contribution in [1.29, 1.82) is 0 Å². The SMILES string of the molecule is N.c1cc[nH]c1. The van der Waals surface area contributed by atoms with E-state index in [1.165, 1.54) is 0 Å². The molecule has 0 amide bonds. The van der Waals surface area contributed by atoms with Gasteiger partial charge in [-0.05, 0) is 12.1 Å². The van der Waals surface area contributed by atoms with Crippen LogP contribution >= 0.6 is 0 Å². The van der Waals surface area contributed by atoms with Gasteiger partial charge in [0.1, 0.15) is 0 Å². The third-order valence-electron chi connectivity index (χ3n) is 0.496. The van der Waals surface area contributed by atoms with E-state index in [1.807, 2.05) is 24.5 Å². The van der Waals surface area contributed by atoms with E-state index in [2.05, 4.69) is 4.98 Å². The first-order valence-corrected chi connectivity index (χ1v) is 1.58. The van der Waals surface area contributed by atoms with Crippen LogP contribution in [0.15, 0.2) is 24.5 Å². The van der Waals surface area contributed by atoms with Gasteiger partial charge in [0, 0.05) is 12.4 Å². The summed E-state index contributed by atoms with van der Waals surface area (Å²) in [4.78, 5) is 2.86. The monoisotopic (exact) mass is 84.1 g/mol. The van der Waals surface area contributed by atoms with Crippen LogP contribution < -0.4 is 6.15 Å². The molecule has 4 N–H and O–H groups in total. The predicted molar refractivity (Wildman–Crippen MR) is 25.8 cm³/mol. The molecule has 0 radical (unpaired) electrons. The molecular formula is C4H8N2. The maximum atomic E-state index is 2.86. The van der Waals surface area contributed by atoms with E-state index in [9.17, 15) is 0 Å². The molecule has 0 aliphatic carbocycles. The van der Waals surface area contributed by atoms with E-state index in [0.29, 0.717) is 0 Å². The van der Waals surface area contributed by atoms with Crippen LogP contribution in [-0.4, -0.2) is 4.98 Å². The molecule has 0 saturated heterocycles. The number of hydrogen-bond donors (Lipinski definition) is 2. The minimum absolute atomic E-state index is 0. The number of H-pyrrole nitrogens is 1. The molecule has 0 unspecified atom stereocenters. The van der Waals surface area contributed by atoms with Crippen molar-refractivity contribution in [3.8, 4) is 0 Å². The Morgan fingerprint density at radius 2 is 1.50 bits per heavy atom. The lowest BCUT2D eigenvalue weighted by molar-refractivity contribution is 1.42. The predicted octanol–water partition coefficient (Wildman–Crippen LogP) is 1.18. The number of nitrogens with one attached hydrogen (secondary N) is 1. The minimum Gasteiger partial charge on any atom is -0.368 e. The summed E-state index contributed by atoms with van der Waals surface area (Å²) in [6.07, 6.45) is 3.75. The molecule has 0 spiro atoms. The highest BCUT2D eigenvalue weighted by Gasteiger charge is 1.55. The fourth-order valence-corrected chi connectivity index (χ4v) is 0.278. The second kappa shape index (κ2) is 2.48. The van der Waals surface area contributed by atoms with Crippen molar-refractivity contribution in [1.82, 2.24) is 11.1 Å². The summed E-state index contributed by atoms with van der Waals surface area (Å²) in [6, 6.07) is 3.89. The van der Waals surface area contributed by atoms with Gasteiger partial charge in [-0.15, -0.1) is 0 Å². The van der Waals surface area contributed by atoms with Gasteiger partial charge in [-0.2, -0.15) is 0 Å². The second-order valence-corrected chi connectivity index (χ2v) is 0.885. The summed E-state index contributed by atoms with van der Waals surface area (Å²) < 4.78 is 0. The molecule has 2 heteroatoms. The average molecular weight is 84.1 g/mol. The van der Waals surface area contributed by atoms with Gasteiger partial charge in [0.15, 0.2) is 0 Å². The molecule has 34 valence electrons. The van der Waals surface area contributed by atoms with E-state index in [0.717, 1.165) is 0 Å². The van der Waals surface area contributed by atoms with Crippen molar-refractivity contribution >= 4 is 0 Å². The summed E-state index contributed by atoms with van der Waals surface area (Å²) in [5, 5.41) is 0. The van der Waals surface area contributed by atoms with Crippen LogP contribution in [0.5, 0.6) is 0 Å². The van der Waals surface area contributed by atoms with E-state index in [1.54, 1.807) is 0 Å². The fraction of sp³-hybridized carbons (Fsp3) is 0. The molecule has 2 nitrogen and oxygen atoms in total. The first-order chi connectivity index (χ1) is 2.50. The molecule has 0 aliphatic rings. The Hall–Kier alpha value is -0.760.